The molecule has 0 bridgehead atoms. The smallest absolute Gasteiger partial charge is 0.422 e. The van der Waals surface area contributed by atoms with Crippen molar-refractivity contribution in [2.75, 3.05) is 20.2 Å². The van der Waals surface area contributed by atoms with Crippen molar-refractivity contribution in [3.8, 4) is 5.88 Å². The fourth-order valence-corrected chi connectivity index (χ4v) is 2.30. The normalized spacial score (nSPS) is 11.5. The number of benzene rings is 1. The summed E-state index contributed by atoms with van der Waals surface area (Å²) < 4.78 is 41.3. The highest BCUT2D eigenvalue weighted by molar-refractivity contribution is 14.0. The average molecular weight is 529 g/mol. The van der Waals surface area contributed by atoms with Crippen molar-refractivity contribution < 1.29 is 17.9 Å². The maximum atomic E-state index is 12.2. The van der Waals surface area contributed by atoms with Crippen LogP contribution in [-0.2, 0) is 13.0 Å². The molecule has 10 heteroatoms. The monoisotopic (exact) mass is 528 g/mol. The van der Waals surface area contributed by atoms with Crippen molar-refractivity contribution >= 4 is 41.5 Å². The van der Waals surface area contributed by atoms with E-state index in [-0.39, 0.29) is 29.9 Å². The van der Waals surface area contributed by atoms with Crippen molar-refractivity contribution in [1.82, 2.24) is 15.6 Å². The lowest BCUT2D eigenvalue weighted by atomic mass is 10.1. The van der Waals surface area contributed by atoms with Gasteiger partial charge in [0, 0.05) is 37.4 Å². The molecule has 2 rings (SSSR count). The highest BCUT2D eigenvalue weighted by Gasteiger charge is 2.28. The molecule has 1 aromatic carbocycles. The van der Waals surface area contributed by atoms with E-state index in [1.54, 1.807) is 13.1 Å². The molecule has 0 fully saturated rings. The molecule has 0 unspecified atom stereocenters. The van der Waals surface area contributed by atoms with Crippen molar-refractivity contribution in [2.24, 2.45) is 4.99 Å². The van der Waals surface area contributed by atoms with Crippen LogP contribution in [0.25, 0.3) is 0 Å². The Hall–Kier alpha value is -1.75. The molecule has 0 atom stereocenters. The zero-order chi connectivity index (χ0) is 19.7. The first-order chi connectivity index (χ1) is 12.9. The Morgan fingerprint density at radius 3 is 2.50 bits per heavy atom. The molecule has 1 heterocycles. The molecule has 0 amide bonds. The number of rotatable bonds is 7. The van der Waals surface area contributed by atoms with Gasteiger partial charge in [0.15, 0.2) is 12.6 Å². The number of hydrogen-bond donors (Lipinski definition) is 2. The molecule has 2 aromatic rings. The van der Waals surface area contributed by atoms with Crippen LogP contribution in [0.1, 0.15) is 11.1 Å². The van der Waals surface area contributed by atoms with E-state index in [2.05, 4.69) is 25.3 Å². The molecule has 5 nitrogen and oxygen atoms in total. The largest absolute Gasteiger partial charge is 0.468 e. The Morgan fingerprint density at radius 2 is 1.86 bits per heavy atom. The van der Waals surface area contributed by atoms with E-state index >= 15 is 0 Å². The number of guanidine groups is 1. The van der Waals surface area contributed by atoms with Crippen LogP contribution >= 0.6 is 35.6 Å². The van der Waals surface area contributed by atoms with Crippen LogP contribution in [0.5, 0.6) is 5.88 Å². The SMILES string of the molecule is CN=C(NCCc1ccc(Cl)cc1)NCc1ccnc(OCC(F)(F)F)c1.I. The molecule has 1 aromatic heterocycles. The molecule has 0 spiro atoms. The zero-order valence-electron chi connectivity index (χ0n) is 15.1. The van der Waals surface area contributed by atoms with E-state index in [1.807, 2.05) is 24.3 Å². The third-order valence-electron chi connectivity index (χ3n) is 3.49. The number of alkyl halides is 3. The quantitative estimate of drug-likeness (QED) is 0.321. The Labute approximate surface area is 183 Å². The minimum Gasteiger partial charge on any atom is -0.468 e. The van der Waals surface area contributed by atoms with E-state index in [0.717, 1.165) is 17.5 Å². The van der Waals surface area contributed by atoms with E-state index in [4.69, 9.17) is 11.6 Å². The van der Waals surface area contributed by atoms with Gasteiger partial charge in [-0.2, -0.15) is 13.2 Å². The average Bonchev–Trinajstić information content (AvgIpc) is 2.64. The van der Waals surface area contributed by atoms with E-state index < -0.39 is 12.8 Å². The fourth-order valence-electron chi connectivity index (χ4n) is 2.18. The Bertz CT molecular complexity index is 757. The van der Waals surface area contributed by atoms with Crippen LogP contribution in [-0.4, -0.2) is 37.3 Å². The zero-order valence-corrected chi connectivity index (χ0v) is 18.2. The lowest BCUT2D eigenvalue weighted by Crippen LogP contribution is -2.37. The third-order valence-corrected chi connectivity index (χ3v) is 3.74. The molecule has 154 valence electrons. The number of hydrogen-bond acceptors (Lipinski definition) is 3. The van der Waals surface area contributed by atoms with Crippen LogP contribution in [0, 0.1) is 0 Å². The topological polar surface area (TPSA) is 58.5 Å². The van der Waals surface area contributed by atoms with E-state index in [0.29, 0.717) is 24.1 Å². The van der Waals surface area contributed by atoms with Crippen molar-refractivity contribution in [3.63, 3.8) is 0 Å². The van der Waals surface area contributed by atoms with Gasteiger partial charge >= 0.3 is 6.18 Å². The molecule has 0 saturated heterocycles. The summed E-state index contributed by atoms with van der Waals surface area (Å²) in [4.78, 5) is 7.89. The number of pyridine rings is 1. The summed E-state index contributed by atoms with van der Waals surface area (Å²) >= 11 is 5.86. The van der Waals surface area contributed by atoms with E-state index in [9.17, 15) is 13.2 Å². The van der Waals surface area contributed by atoms with Gasteiger partial charge in [-0.05, 0) is 35.7 Å². The van der Waals surface area contributed by atoms with Crippen molar-refractivity contribution in [1.29, 1.82) is 0 Å². The number of aliphatic imine (C=N–C) groups is 1. The third kappa shape index (κ3) is 9.45. The molecular formula is C18H21ClF3IN4O. The Kier molecular flexibility index (Phi) is 10.4. The van der Waals surface area contributed by atoms with Gasteiger partial charge in [-0.3, -0.25) is 4.99 Å². The lowest BCUT2D eigenvalue weighted by molar-refractivity contribution is -0.154. The summed E-state index contributed by atoms with van der Waals surface area (Å²) in [5.41, 5.74) is 1.87. The lowest BCUT2D eigenvalue weighted by Gasteiger charge is -2.13. The summed E-state index contributed by atoms with van der Waals surface area (Å²) in [6, 6.07) is 10.7. The summed E-state index contributed by atoms with van der Waals surface area (Å²) in [5, 5.41) is 6.96. The number of nitrogens with one attached hydrogen (secondary N) is 2. The summed E-state index contributed by atoms with van der Waals surface area (Å²) in [6.45, 7) is -0.339. The standard InChI is InChI=1S/C18H20ClF3N4O.HI/c1-23-17(25-9-6-13-2-4-15(19)5-3-13)26-11-14-7-8-24-16(10-14)27-12-18(20,21)22;/h2-5,7-8,10H,6,9,11-12H2,1H3,(H2,23,25,26);1H. The molecule has 0 aliphatic rings. The maximum absolute atomic E-state index is 12.2. The summed E-state index contributed by atoms with van der Waals surface area (Å²) in [5.74, 6) is 0.510. The predicted octanol–water partition coefficient (Wildman–Crippen LogP) is 4.20. The van der Waals surface area contributed by atoms with Crippen molar-refractivity contribution in [2.45, 2.75) is 19.1 Å². The van der Waals surface area contributed by atoms with Gasteiger partial charge in [-0.15, -0.1) is 24.0 Å². The fraction of sp³-hybridized carbons (Fsp3) is 0.333. The van der Waals surface area contributed by atoms with Gasteiger partial charge in [0.05, 0.1) is 0 Å². The van der Waals surface area contributed by atoms with Gasteiger partial charge in [-0.1, -0.05) is 23.7 Å². The first-order valence-electron chi connectivity index (χ1n) is 8.19. The minimum absolute atomic E-state index is 0. The van der Waals surface area contributed by atoms with Crippen LogP contribution < -0.4 is 15.4 Å². The van der Waals surface area contributed by atoms with Gasteiger partial charge in [0.2, 0.25) is 5.88 Å². The number of nitrogens with zero attached hydrogens (tertiary/aromatic N) is 2. The highest BCUT2D eigenvalue weighted by Crippen LogP contribution is 2.17. The maximum Gasteiger partial charge on any atom is 0.422 e. The van der Waals surface area contributed by atoms with Gasteiger partial charge in [-0.25, -0.2) is 4.98 Å². The molecule has 2 N–H and O–H groups in total. The predicted molar refractivity (Wildman–Crippen MR) is 115 cm³/mol. The minimum atomic E-state index is -4.40. The van der Waals surface area contributed by atoms with Gasteiger partial charge in [0.1, 0.15) is 0 Å². The van der Waals surface area contributed by atoms with E-state index in [1.165, 1.54) is 12.3 Å². The van der Waals surface area contributed by atoms with Crippen LogP contribution in [0.3, 0.4) is 0 Å². The molecule has 0 aliphatic carbocycles. The Morgan fingerprint density at radius 1 is 1.14 bits per heavy atom. The molecule has 28 heavy (non-hydrogen) atoms. The second kappa shape index (κ2) is 11.9. The number of aromatic nitrogens is 1. The first-order valence-corrected chi connectivity index (χ1v) is 8.57. The summed E-state index contributed by atoms with van der Waals surface area (Å²) in [6.07, 6.45) is -2.20. The van der Waals surface area contributed by atoms with Crippen LogP contribution in [0.15, 0.2) is 47.6 Å². The highest BCUT2D eigenvalue weighted by atomic mass is 127. The number of ether oxygens (including phenoxy) is 1. The second-order valence-electron chi connectivity index (χ2n) is 5.64. The second-order valence-corrected chi connectivity index (χ2v) is 6.07. The van der Waals surface area contributed by atoms with Gasteiger partial charge < -0.3 is 15.4 Å². The number of halogens is 5. The molecular weight excluding hydrogens is 508 g/mol. The molecule has 0 saturated carbocycles. The summed E-state index contributed by atoms with van der Waals surface area (Å²) in [7, 11) is 1.64. The first kappa shape index (κ1) is 24.3. The van der Waals surface area contributed by atoms with Crippen LogP contribution in [0.4, 0.5) is 13.2 Å². The molecule has 0 radical (unpaired) electrons. The molecule has 0 aliphatic heterocycles. The van der Waals surface area contributed by atoms with Crippen LogP contribution in [0.2, 0.25) is 5.02 Å². The van der Waals surface area contributed by atoms with Crippen molar-refractivity contribution in [3.05, 3.63) is 58.7 Å². The Balaban J connectivity index is 0.00000392. The van der Waals surface area contributed by atoms with Gasteiger partial charge in [0.25, 0.3) is 0 Å².